The monoisotopic (exact) mass is 632 g/mol. The van der Waals surface area contributed by atoms with Gasteiger partial charge in [-0.05, 0) is 109 Å². The van der Waals surface area contributed by atoms with Crippen molar-refractivity contribution in [3.8, 4) is 0 Å². The molecule has 1 aromatic heterocycles. The number of amides is 1. The summed E-state index contributed by atoms with van der Waals surface area (Å²) in [6, 6.07) is 3.77. The first-order valence-corrected chi connectivity index (χ1v) is 17.7. The third-order valence-corrected chi connectivity index (χ3v) is 14.5. The first-order valence-electron chi connectivity index (χ1n) is 17.7. The molecule has 7 nitrogen and oxygen atoms in total. The lowest BCUT2D eigenvalue weighted by atomic mass is 9.33. The zero-order valence-electron chi connectivity index (χ0n) is 29.6. The highest BCUT2D eigenvalue weighted by Crippen LogP contribution is 2.76. The number of pyridine rings is 1. The topological polar surface area (TPSA) is 94.6 Å². The van der Waals surface area contributed by atoms with Crippen molar-refractivity contribution in [1.82, 2.24) is 4.98 Å². The molecule has 9 atom stereocenters. The Labute approximate surface area is 276 Å². The van der Waals surface area contributed by atoms with Crippen molar-refractivity contribution in [2.24, 2.45) is 50.2 Å². The van der Waals surface area contributed by atoms with E-state index in [4.69, 9.17) is 9.47 Å². The van der Waals surface area contributed by atoms with Gasteiger partial charge in [-0.25, -0.2) is 0 Å². The van der Waals surface area contributed by atoms with Crippen LogP contribution in [-0.2, 0) is 23.9 Å². The Morgan fingerprint density at radius 3 is 2.13 bits per heavy atom. The van der Waals surface area contributed by atoms with Gasteiger partial charge in [0.05, 0.1) is 5.41 Å². The zero-order valence-corrected chi connectivity index (χ0v) is 29.6. The summed E-state index contributed by atoms with van der Waals surface area (Å²) in [4.78, 5) is 43.2. The molecule has 46 heavy (non-hydrogen) atoms. The van der Waals surface area contributed by atoms with Gasteiger partial charge in [-0.15, -0.1) is 0 Å². The standard InChI is InChI=1S/C39H56N2O5/c1-24(42)45-29-23-36(7)30(35(5,6)32(29)46-25(2)43)12-15-38(9)31(36)11-10-27-28-22-34(3,4)16-18-39(28,19-17-37(27,38)8)33(44)41-26-13-20-40-21-14-26/h10,13-14,20-21,28-32H,11-12,15-19,22-23H2,1-9H3,(H,40,41,44)/t28-,29-,30-,31+,32-,36-,37+,38+,39-/m0/s1. The van der Waals surface area contributed by atoms with E-state index in [0.717, 1.165) is 57.1 Å². The molecule has 0 bridgehead atoms. The van der Waals surface area contributed by atoms with Crippen molar-refractivity contribution < 1.29 is 23.9 Å². The van der Waals surface area contributed by atoms with E-state index < -0.39 is 17.6 Å². The highest BCUT2D eigenvalue weighted by atomic mass is 16.6. The number of anilines is 1. The number of hydrogen-bond donors (Lipinski definition) is 1. The number of ether oxygens (including phenoxy) is 2. The quantitative estimate of drug-likeness (QED) is 0.265. The highest BCUT2D eigenvalue weighted by molar-refractivity contribution is 5.96. The van der Waals surface area contributed by atoms with Gasteiger partial charge in [0, 0.05) is 37.3 Å². The first kappa shape index (κ1) is 33.2. The second kappa shape index (κ2) is 10.9. The van der Waals surface area contributed by atoms with Gasteiger partial charge in [-0.2, -0.15) is 0 Å². The third kappa shape index (κ3) is 4.87. The van der Waals surface area contributed by atoms with Crippen LogP contribution in [0.15, 0.2) is 36.2 Å². The number of hydrogen-bond acceptors (Lipinski definition) is 6. The second-order valence-electron chi connectivity index (χ2n) is 17.8. The molecule has 0 unspecified atom stereocenters. The molecule has 0 radical (unpaired) electrons. The molecule has 6 rings (SSSR count). The summed E-state index contributed by atoms with van der Waals surface area (Å²) < 4.78 is 12.0. The van der Waals surface area contributed by atoms with E-state index in [1.54, 1.807) is 12.4 Å². The second-order valence-corrected chi connectivity index (χ2v) is 17.8. The smallest absolute Gasteiger partial charge is 0.303 e. The predicted octanol–water partition coefficient (Wildman–Crippen LogP) is 8.30. The van der Waals surface area contributed by atoms with Crippen molar-refractivity contribution in [2.45, 2.75) is 132 Å². The Bertz CT molecular complexity index is 1430. The number of nitrogens with zero attached hydrogens (tertiary/aromatic N) is 1. The SMILES string of the molecule is CC(=O)O[C@H]1C[C@]2(C)[C@H]3CC=C4[C@@H]5CC(C)(C)CC[C@]5(C(=O)Nc5ccncc5)CC[C@@]4(C)[C@]3(C)CC[C@H]2C(C)(C)[C@H]1OC(C)=O. The van der Waals surface area contributed by atoms with Gasteiger partial charge >= 0.3 is 11.9 Å². The maximum absolute atomic E-state index is 14.4. The van der Waals surface area contributed by atoms with Gasteiger partial charge in [-0.1, -0.05) is 60.1 Å². The Balaban J connectivity index is 1.40. The molecule has 1 N–H and O–H groups in total. The summed E-state index contributed by atoms with van der Waals surface area (Å²) in [5.41, 5.74) is 1.58. The summed E-state index contributed by atoms with van der Waals surface area (Å²) in [6.07, 6.45) is 13.7. The van der Waals surface area contributed by atoms with Crippen LogP contribution >= 0.6 is 0 Å². The van der Waals surface area contributed by atoms with E-state index >= 15 is 0 Å². The summed E-state index contributed by atoms with van der Waals surface area (Å²) >= 11 is 0. The number of nitrogens with one attached hydrogen (secondary N) is 1. The maximum Gasteiger partial charge on any atom is 0.303 e. The summed E-state index contributed by atoms with van der Waals surface area (Å²) in [6.45, 7) is 19.6. The predicted molar refractivity (Wildman–Crippen MR) is 178 cm³/mol. The van der Waals surface area contributed by atoms with Crippen LogP contribution in [0.5, 0.6) is 0 Å². The molecule has 0 aromatic carbocycles. The molecule has 1 aromatic rings. The van der Waals surface area contributed by atoms with Gasteiger partial charge in [-0.3, -0.25) is 19.4 Å². The maximum atomic E-state index is 14.4. The molecular formula is C39H56N2O5. The van der Waals surface area contributed by atoms with Crippen LogP contribution in [0.2, 0.25) is 0 Å². The van der Waals surface area contributed by atoms with Gasteiger partial charge in [0.2, 0.25) is 5.91 Å². The average molecular weight is 633 g/mol. The van der Waals surface area contributed by atoms with E-state index in [-0.39, 0.29) is 50.8 Å². The molecule has 5 aliphatic carbocycles. The number of aromatic nitrogens is 1. The number of esters is 2. The number of fused-ring (bicyclic) bond motifs is 7. The molecule has 1 amide bonds. The third-order valence-electron chi connectivity index (χ3n) is 14.5. The molecule has 0 spiro atoms. The summed E-state index contributed by atoms with van der Waals surface area (Å²) in [5, 5.41) is 3.31. The van der Waals surface area contributed by atoms with Crippen LogP contribution in [0.1, 0.15) is 120 Å². The van der Waals surface area contributed by atoms with E-state index in [9.17, 15) is 14.4 Å². The van der Waals surface area contributed by atoms with Crippen LogP contribution in [-0.4, -0.2) is 35.0 Å². The lowest BCUT2D eigenvalue weighted by molar-refractivity contribution is -0.243. The van der Waals surface area contributed by atoms with Crippen LogP contribution in [0.25, 0.3) is 0 Å². The minimum absolute atomic E-state index is 0.0166. The number of carbonyl (C=O) groups is 3. The molecule has 0 saturated heterocycles. The fourth-order valence-corrected chi connectivity index (χ4v) is 12.2. The lowest BCUT2D eigenvalue weighted by Gasteiger charge is -2.71. The number of rotatable bonds is 4. The minimum Gasteiger partial charge on any atom is -0.459 e. The number of allylic oxidation sites excluding steroid dienone is 2. The van der Waals surface area contributed by atoms with Crippen LogP contribution in [0.4, 0.5) is 5.69 Å². The molecular weight excluding hydrogens is 576 g/mol. The Kier molecular flexibility index (Phi) is 7.88. The fourth-order valence-electron chi connectivity index (χ4n) is 12.2. The number of carbonyl (C=O) groups excluding carboxylic acids is 3. The molecule has 0 aliphatic heterocycles. The van der Waals surface area contributed by atoms with Crippen LogP contribution in [0, 0.1) is 50.2 Å². The average Bonchev–Trinajstić information content (AvgIpc) is 2.95. The molecule has 5 aliphatic rings. The van der Waals surface area contributed by atoms with E-state index in [1.165, 1.54) is 19.4 Å². The van der Waals surface area contributed by atoms with Crippen molar-refractivity contribution >= 4 is 23.5 Å². The minimum atomic E-state index is -0.479. The van der Waals surface area contributed by atoms with Crippen LogP contribution < -0.4 is 5.32 Å². The molecule has 1 heterocycles. The molecule has 252 valence electrons. The van der Waals surface area contributed by atoms with E-state index in [1.807, 2.05) is 12.1 Å². The lowest BCUT2D eigenvalue weighted by Crippen LogP contribution is -2.67. The molecule has 7 heteroatoms. The van der Waals surface area contributed by atoms with Crippen molar-refractivity contribution in [3.63, 3.8) is 0 Å². The van der Waals surface area contributed by atoms with Crippen molar-refractivity contribution in [2.75, 3.05) is 5.32 Å². The van der Waals surface area contributed by atoms with Crippen molar-refractivity contribution in [1.29, 1.82) is 0 Å². The van der Waals surface area contributed by atoms with Gasteiger partial charge in [0.1, 0.15) is 12.2 Å². The van der Waals surface area contributed by atoms with E-state index in [0.29, 0.717) is 18.3 Å². The highest BCUT2D eigenvalue weighted by Gasteiger charge is 2.70. The zero-order chi connectivity index (χ0) is 33.5. The molecule has 4 saturated carbocycles. The molecule has 4 fully saturated rings. The van der Waals surface area contributed by atoms with E-state index in [2.05, 4.69) is 64.8 Å². The van der Waals surface area contributed by atoms with Gasteiger partial charge < -0.3 is 14.8 Å². The Morgan fingerprint density at radius 1 is 0.826 bits per heavy atom. The normalized spacial score (nSPS) is 42.1. The van der Waals surface area contributed by atoms with Gasteiger partial charge in [0.25, 0.3) is 0 Å². The first-order chi connectivity index (χ1) is 21.4. The largest absolute Gasteiger partial charge is 0.459 e. The van der Waals surface area contributed by atoms with Crippen LogP contribution in [0.3, 0.4) is 0 Å². The van der Waals surface area contributed by atoms with Gasteiger partial charge in [0.15, 0.2) is 0 Å². The Morgan fingerprint density at radius 2 is 1.48 bits per heavy atom. The van der Waals surface area contributed by atoms with Crippen molar-refractivity contribution in [3.05, 3.63) is 36.2 Å². The summed E-state index contributed by atoms with van der Waals surface area (Å²) in [5.74, 6) is 0.397. The fraction of sp³-hybridized carbons (Fsp3) is 0.744. The summed E-state index contributed by atoms with van der Waals surface area (Å²) in [7, 11) is 0. The Hall–Kier alpha value is -2.70.